The molecule has 0 spiro atoms. The largest absolute Gasteiger partial charge is 0.330 e. The zero-order valence-electron chi connectivity index (χ0n) is 8.59. The van der Waals surface area contributed by atoms with Gasteiger partial charge in [-0.3, -0.25) is 0 Å². The van der Waals surface area contributed by atoms with Crippen molar-refractivity contribution in [1.29, 1.82) is 0 Å². The van der Waals surface area contributed by atoms with Gasteiger partial charge in [0, 0.05) is 0 Å². The van der Waals surface area contributed by atoms with Crippen molar-refractivity contribution in [1.82, 2.24) is 20.2 Å². The molecule has 0 aliphatic carbocycles. The zero-order valence-corrected chi connectivity index (χ0v) is 8.59. The Morgan fingerprint density at radius 2 is 2.13 bits per heavy atom. The summed E-state index contributed by atoms with van der Waals surface area (Å²) in [7, 11) is 0. The first-order valence-electron chi connectivity index (χ1n) is 4.86. The van der Waals surface area contributed by atoms with Crippen LogP contribution in [0.1, 0.15) is 11.4 Å². The van der Waals surface area contributed by atoms with E-state index >= 15 is 0 Å². The van der Waals surface area contributed by atoms with Gasteiger partial charge in [0.1, 0.15) is 0 Å². The topological polar surface area (TPSA) is 69.6 Å². The molecule has 78 valence electrons. The van der Waals surface area contributed by atoms with Crippen molar-refractivity contribution in [2.45, 2.75) is 13.3 Å². The molecule has 0 aliphatic heterocycles. The molecule has 1 aromatic heterocycles. The standard InChI is InChI=1S/C10H13N5/c1-8-12-13-14-15(8)10-5-3-2-4-9(10)6-7-11/h2-5H,6-7,11H2,1H3. The second-order valence-electron chi connectivity index (χ2n) is 3.31. The number of tetrazole rings is 1. The molecule has 0 bridgehead atoms. The minimum atomic E-state index is 0.623. The van der Waals surface area contributed by atoms with Crippen LogP contribution in [0.3, 0.4) is 0 Å². The molecule has 2 aromatic rings. The number of nitrogens with zero attached hydrogens (tertiary/aromatic N) is 4. The van der Waals surface area contributed by atoms with Crippen molar-refractivity contribution >= 4 is 0 Å². The van der Waals surface area contributed by atoms with E-state index in [1.165, 1.54) is 0 Å². The van der Waals surface area contributed by atoms with E-state index in [0.717, 1.165) is 23.5 Å². The predicted octanol–water partition coefficient (Wildman–Crippen LogP) is 0.472. The fraction of sp³-hybridized carbons (Fsp3) is 0.300. The van der Waals surface area contributed by atoms with Crippen LogP contribution < -0.4 is 5.73 Å². The summed E-state index contributed by atoms with van der Waals surface area (Å²) >= 11 is 0. The predicted molar refractivity (Wildman–Crippen MR) is 56.6 cm³/mol. The van der Waals surface area contributed by atoms with Crippen LogP contribution in [0.4, 0.5) is 0 Å². The summed E-state index contributed by atoms with van der Waals surface area (Å²) in [6, 6.07) is 8.00. The van der Waals surface area contributed by atoms with E-state index < -0.39 is 0 Å². The lowest BCUT2D eigenvalue weighted by atomic mass is 10.1. The van der Waals surface area contributed by atoms with Gasteiger partial charge in [-0.05, 0) is 41.9 Å². The summed E-state index contributed by atoms with van der Waals surface area (Å²) < 4.78 is 1.73. The molecule has 15 heavy (non-hydrogen) atoms. The Hall–Kier alpha value is -1.75. The van der Waals surface area contributed by atoms with Gasteiger partial charge in [-0.1, -0.05) is 18.2 Å². The van der Waals surface area contributed by atoms with Crippen LogP contribution in [0.15, 0.2) is 24.3 Å². The van der Waals surface area contributed by atoms with Gasteiger partial charge in [-0.2, -0.15) is 4.68 Å². The summed E-state index contributed by atoms with van der Waals surface area (Å²) in [6.45, 7) is 2.50. The summed E-state index contributed by atoms with van der Waals surface area (Å²) in [5.74, 6) is 0.777. The normalized spacial score (nSPS) is 10.5. The Morgan fingerprint density at radius 3 is 2.80 bits per heavy atom. The number of aromatic nitrogens is 4. The minimum Gasteiger partial charge on any atom is -0.330 e. The number of nitrogens with two attached hydrogens (primary N) is 1. The highest BCUT2D eigenvalue weighted by Crippen LogP contribution is 2.14. The third-order valence-electron chi connectivity index (χ3n) is 2.26. The van der Waals surface area contributed by atoms with Gasteiger partial charge in [0.25, 0.3) is 0 Å². The first-order chi connectivity index (χ1) is 7.33. The summed E-state index contributed by atoms with van der Waals surface area (Å²) in [6.07, 6.45) is 0.829. The van der Waals surface area contributed by atoms with Gasteiger partial charge in [-0.15, -0.1) is 5.10 Å². The van der Waals surface area contributed by atoms with Crippen LogP contribution in [0.2, 0.25) is 0 Å². The van der Waals surface area contributed by atoms with E-state index in [4.69, 9.17) is 5.73 Å². The van der Waals surface area contributed by atoms with E-state index in [-0.39, 0.29) is 0 Å². The number of hydrogen-bond acceptors (Lipinski definition) is 4. The third kappa shape index (κ3) is 1.87. The molecule has 0 atom stereocenters. The Morgan fingerprint density at radius 1 is 1.33 bits per heavy atom. The molecule has 2 N–H and O–H groups in total. The van der Waals surface area contributed by atoms with Crippen LogP contribution in [0.5, 0.6) is 0 Å². The van der Waals surface area contributed by atoms with Crippen molar-refractivity contribution in [3.05, 3.63) is 35.7 Å². The Bertz CT molecular complexity index is 449. The number of benzene rings is 1. The fourth-order valence-electron chi connectivity index (χ4n) is 1.54. The molecule has 0 amide bonds. The highest BCUT2D eigenvalue weighted by Gasteiger charge is 2.07. The average Bonchev–Trinajstić information content (AvgIpc) is 2.66. The SMILES string of the molecule is Cc1nnnn1-c1ccccc1CCN. The molecule has 1 aromatic carbocycles. The highest BCUT2D eigenvalue weighted by atomic mass is 15.5. The van der Waals surface area contributed by atoms with Gasteiger partial charge in [0.2, 0.25) is 0 Å². The van der Waals surface area contributed by atoms with Crippen molar-refractivity contribution < 1.29 is 0 Å². The molecule has 0 unspecified atom stereocenters. The van der Waals surface area contributed by atoms with Crippen LogP contribution in [0, 0.1) is 6.92 Å². The first-order valence-corrected chi connectivity index (χ1v) is 4.86. The Labute approximate surface area is 87.9 Å². The minimum absolute atomic E-state index is 0.623. The van der Waals surface area contributed by atoms with Crippen molar-refractivity contribution in [3.63, 3.8) is 0 Å². The Kier molecular flexibility index (Phi) is 2.73. The van der Waals surface area contributed by atoms with Crippen molar-refractivity contribution in [3.8, 4) is 5.69 Å². The van der Waals surface area contributed by atoms with Gasteiger partial charge in [-0.25, -0.2) is 0 Å². The molecular weight excluding hydrogens is 190 g/mol. The first kappa shape index (κ1) is 9.79. The zero-order chi connectivity index (χ0) is 10.7. The smallest absolute Gasteiger partial charge is 0.153 e. The van der Waals surface area contributed by atoms with Gasteiger partial charge >= 0.3 is 0 Å². The molecular formula is C10H13N5. The summed E-state index contributed by atoms with van der Waals surface area (Å²) in [5, 5.41) is 11.4. The number of aryl methyl sites for hydroxylation is 1. The third-order valence-corrected chi connectivity index (χ3v) is 2.26. The molecule has 1 heterocycles. The van der Waals surface area contributed by atoms with E-state index in [2.05, 4.69) is 15.5 Å². The van der Waals surface area contributed by atoms with Crippen LogP contribution in [0.25, 0.3) is 5.69 Å². The number of hydrogen-bond donors (Lipinski definition) is 1. The van der Waals surface area contributed by atoms with E-state index in [0.29, 0.717) is 6.54 Å². The maximum atomic E-state index is 5.56. The molecule has 0 saturated carbocycles. The lowest BCUT2D eigenvalue weighted by Gasteiger charge is -2.07. The maximum absolute atomic E-state index is 5.56. The molecule has 2 rings (SSSR count). The van der Waals surface area contributed by atoms with E-state index in [1.54, 1.807) is 4.68 Å². The second kappa shape index (κ2) is 4.18. The molecule has 5 nitrogen and oxygen atoms in total. The van der Waals surface area contributed by atoms with Crippen LogP contribution in [-0.4, -0.2) is 26.8 Å². The van der Waals surface area contributed by atoms with Crippen LogP contribution >= 0.6 is 0 Å². The van der Waals surface area contributed by atoms with Crippen LogP contribution in [-0.2, 0) is 6.42 Å². The monoisotopic (exact) mass is 203 g/mol. The average molecular weight is 203 g/mol. The van der Waals surface area contributed by atoms with Gasteiger partial charge in [0.05, 0.1) is 5.69 Å². The second-order valence-corrected chi connectivity index (χ2v) is 3.31. The Balaban J connectivity index is 2.48. The van der Waals surface area contributed by atoms with Crippen molar-refractivity contribution in [2.24, 2.45) is 5.73 Å². The maximum Gasteiger partial charge on any atom is 0.153 e. The molecule has 0 radical (unpaired) electrons. The number of para-hydroxylation sites is 1. The van der Waals surface area contributed by atoms with Crippen molar-refractivity contribution in [2.75, 3.05) is 6.54 Å². The van der Waals surface area contributed by atoms with E-state index in [1.807, 2.05) is 31.2 Å². The quantitative estimate of drug-likeness (QED) is 0.787. The lowest BCUT2D eigenvalue weighted by Crippen LogP contribution is -2.08. The van der Waals surface area contributed by atoms with E-state index in [9.17, 15) is 0 Å². The lowest BCUT2D eigenvalue weighted by molar-refractivity contribution is 0.768. The number of rotatable bonds is 3. The summed E-state index contributed by atoms with van der Waals surface area (Å²) in [5.41, 5.74) is 7.73. The molecule has 5 heteroatoms. The van der Waals surface area contributed by atoms with Gasteiger partial charge in [0.15, 0.2) is 5.82 Å². The van der Waals surface area contributed by atoms with Gasteiger partial charge < -0.3 is 5.73 Å². The highest BCUT2D eigenvalue weighted by molar-refractivity contribution is 5.40. The molecule has 0 aliphatic rings. The fourth-order valence-corrected chi connectivity index (χ4v) is 1.54. The molecule has 0 fully saturated rings. The summed E-state index contributed by atoms with van der Waals surface area (Å²) in [4.78, 5) is 0. The molecule has 0 saturated heterocycles.